The predicted octanol–water partition coefficient (Wildman–Crippen LogP) is 0.687. The van der Waals surface area contributed by atoms with Gasteiger partial charge in [-0.25, -0.2) is 0 Å². The summed E-state index contributed by atoms with van der Waals surface area (Å²) < 4.78 is 4.92. The Morgan fingerprint density at radius 2 is 1.88 bits per heavy atom. The molecule has 16 heavy (non-hydrogen) atoms. The average molecular weight is 232 g/mol. The van der Waals surface area contributed by atoms with Gasteiger partial charge in [0.25, 0.3) is 0 Å². The van der Waals surface area contributed by atoms with E-state index in [9.17, 15) is 5.11 Å². The second-order valence-corrected chi connectivity index (χ2v) is 5.72. The molecule has 98 valence electrons. The van der Waals surface area contributed by atoms with Crippen LogP contribution < -0.4 is 5.73 Å². The van der Waals surface area contributed by atoms with Crippen LogP contribution in [0.4, 0.5) is 0 Å². The third-order valence-corrected chi connectivity index (χ3v) is 2.72. The van der Waals surface area contributed by atoms with Crippen LogP contribution in [-0.4, -0.2) is 55.5 Å². The van der Waals surface area contributed by atoms with Crippen LogP contribution in [0.1, 0.15) is 27.7 Å². The van der Waals surface area contributed by atoms with Gasteiger partial charge in [0.05, 0.1) is 12.7 Å². The molecular formula is C12H28N2O2. The molecule has 0 aromatic rings. The standard InChI is InChI=1S/C12H28N2O2/c1-9(13)11(12(2,3)4)14(5)7-10(15)8-16-6/h9-11,15H,7-8,13H2,1-6H3. The minimum absolute atomic E-state index is 0.0692. The number of likely N-dealkylation sites (N-methyl/N-ethyl adjacent to an activating group) is 1. The Kier molecular flexibility index (Phi) is 6.48. The van der Waals surface area contributed by atoms with Crippen LogP contribution in [0.2, 0.25) is 0 Å². The van der Waals surface area contributed by atoms with E-state index in [4.69, 9.17) is 10.5 Å². The van der Waals surface area contributed by atoms with E-state index in [2.05, 4.69) is 25.7 Å². The quantitative estimate of drug-likeness (QED) is 0.707. The minimum Gasteiger partial charge on any atom is -0.389 e. The minimum atomic E-state index is -0.460. The van der Waals surface area contributed by atoms with Crippen LogP contribution in [0.25, 0.3) is 0 Å². The molecule has 3 N–H and O–H groups in total. The maximum absolute atomic E-state index is 9.71. The number of hydrogen-bond donors (Lipinski definition) is 2. The number of aliphatic hydroxyl groups is 1. The van der Waals surface area contributed by atoms with Gasteiger partial charge in [-0.15, -0.1) is 0 Å². The van der Waals surface area contributed by atoms with E-state index in [1.807, 2.05) is 14.0 Å². The normalized spacial score (nSPS) is 18.6. The molecule has 3 unspecified atom stereocenters. The smallest absolute Gasteiger partial charge is 0.0900 e. The molecule has 0 saturated heterocycles. The number of nitrogens with two attached hydrogens (primary N) is 1. The van der Waals surface area contributed by atoms with Crippen LogP contribution in [0.5, 0.6) is 0 Å². The predicted molar refractivity (Wildman–Crippen MR) is 67.4 cm³/mol. The van der Waals surface area contributed by atoms with E-state index >= 15 is 0 Å². The zero-order chi connectivity index (χ0) is 12.9. The Labute approximate surface area is 99.8 Å². The van der Waals surface area contributed by atoms with Crippen LogP contribution in [0, 0.1) is 5.41 Å². The second-order valence-electron chi connectivity index (χ2n) is 5.72. The summed E-state index contributed by atoms with van der Waals surface area (Å²) >= 11 is 0. The van der Waals surface area contributed by atoms with E-state index in [1.165, 1.54) is 0 Å². The van der Waals surface area contributed by atoms with E-state index in [1.54, 1.807) is 7.11 Å². The van der Waals surface area contributed by atoms with Gasteiger partial charge in [0, 0.05) is 25.7 Å². The molecule has 0 saturated carbocycles. The molecule has 0 spiro atoms. The second kappa shape index (κ2) is 6.55. The van der Waals surface area contributed by atoms with Crippen molar-refractivity contribution < 1.29 is 9.84 Å². The highest BCUT2D eigenvalue weighted by atomic mass is 16.5. The van der Waals surface area contributed by atoms with E-state index in [0.29, 0.717) is 13.2 Å². The monoisotopic (exact) mass is 232 g/mol. The lowest BCUT2D eigenvalue weighted by Crippen LogP contribution is -2.54. The Balaban J connectivity index is 4.46. The summed E-state index contributed by atoms with van der Waals surface area (Å²) in [5.41, 5.74) is 6.11. The highest BCUT2D eigenvalue weighted by Crippen LogP contribution is 2.25. The van der Waals surface area contributed by atoms with Gasteiger partial charge in [0.1, 0.15) is 0 Å². The van der Waals surface area contributed by atoms with Crippen molar-refractivity contribution in [2.24, 2.45) is 11.1 Å². The summed E-state index contributed by atoms with van der Waals surface area (Å²) in [6.07, 6.45) is -0.460. The summed E-state index contributed by atoms with van der Waals surface area (Å²) in [6.45, 7) is 9.45. The van der Waals surface area contributed by atoms with E-state index in [0.717, 1.165) is 0 Å². The Bertz CT molecular complexity index is 190. The topological polar surface area (TPSA) is 58.7 Å². The van der Waals surface area contributed by atoms with Crippen molar-refractivity contribution in [1.82, 2.24) is 4.90 Å². The van der Waals surface area contributed by atoms with Crippen molar-refractivity contribution in [3.05, 3.63) is 0 Å². The van der Waals surface area contributed by atoms with Crippen LogP contribution in [0.15, 0.2) is 0 Å². The summed E-state index contributed by atoms with van der Waals surface area (Å²) in [4.78, 5) is 2.12. The zero-order valence-electron chi connectivity index (χ0n) is 11.5. The van der Waals surface area contributed by atoms with Crippen LogP contribution >= 0.6 is 0 Å². The first-order valence-corrected chi connectivity index (χ1v) is 5.83. The van der Waals surface area contributed by atoms with Gasteiger partial charge >= 0.3 is 0 Å². The van der Waals surface area contributed by atoms with Gasteiger partial charge < -0.3 is 15.6 Å². The van der Waals surface area contributed by atoms with Crippen molar-refractivity contribution in [3.8, 4) is 0 Å². The average Bonchev–Trinajstić information content (AvgIpc) is 1.99. The third kappa shape index (κ3) is 5.25. The third-order valence-electron chi connectivity index (χ3n) is 2.72. The Hall–Kier alpha value is -0.160. The molecule has 0 aromatic heterocycles. The molecule has 0 aliphatic heterocycles. The molecule has 0 aliphatic rings. The lowest BCUT2D eigenvalue weighted by Gasteiger charge is -2.41. The summed E-state index contributed by atoms with van der Waals surface area (Å²) in [6, 6.07) is 0.304. The zero-order valence-corrected chi connectivity index (χ0v) is 11.5. The van der Waals surface area contributed by atoms with Crippen molar-refractivity contribution in [1.29, 1.82) is 0 Å². The number of nitrogens with zero attached hydrogens (tertiary/aromatic N) is 1. The highest BCUT2D eigenvalue weighted by molar-refractivity contribution is 4.88. The van der Waals surface area contributed by atoms with E-state index in [-0.39, 0.29) is 17.5 Å². The van der Waals surface area contributed by atoms with Gasteiger partial charge in [-0.05, 0) is 19.4 Å². The van der Waals surface area contributed by atoms with Gasteiger partial charge in [-0.2, -0.15) is 0 Å². The maximum atomic E-state index is 9.71. The molecule has 4 heteroatoms. The van der Waals surface area contributed by atoms with Crippen LogP contribution in [-0.2, 0) is 4.74 Å². The lowest BCUT2D eigenvalue weighted by molar-refractivity contribution is 0.0137. The molecule has 0 aliphatic carbocycles. The molecule has 0 amide bonds. The van der Waals surface area contributed by atoms with Gasteiger partial charge in [-0.1, -0.05) is 20.8 Å². The number of rotatable bonds is 6. The molecule has 4 nitrogen and oxygen atoms in total. The van der Waals surface area contributed by atoms with Crippen molar-refractivity contribution in [2.45, 2.75) is 45.9 Å². The van der Waals surface area contributed by atoms with Gasteiger partial charge in [-0.3, -0.25) is 4.90 Å². The maximum Gasteiger partial charge on any atom is 0.0900 e. The fraction of sp³-hybridized carbons (Fsp3) is 1.00. The fourth-order valence-corrected chi connectivity index (χ4v) is 2.54. The molecule has 0 bridgehead atoms. The van der Waals surface area contributed by atoms with Crippen molar-refractivity contribution >= 4 is 0 Å². The summed E-state index contributed by atoms with van der Waals surface area (Å²) in [5.74, 6) is 0. The largest absolute Gasteiger partial charge is 0.389 e. The van der Waals surface area contributed by atoms with Gasteiger partial charge in [0.15, 0.2) is 0 Å². The molecule has 0 aromatic carbocycles. The fourth-order valence-electron chi connectivity index (χ4n) is 2.54. The molecule has 0 rings (SSSR count). The van der Waals surface area contributed by atoms with Crippen molar-refractivity contribution in [3.63, 3.8) is 0 Å². The number of aliphatic hydroxyl groups excluding tert-OH is 1. The highest BCUT2D eigenvalue weighted by Gasteiger charge is 2.32. The molecule has 0 fully saturated rings. The first-order chi connectivity index (χ1) is 7.20. The number of ether oxygens (including phenoxy) is 1. The Morgan fingerprint density at radius 3 is 2.19 bits per heavy atom. The Morgan fingerprint density at radius 1 is 1.38 bits per heavy atom. The summed E-state index contributed by atoms with van der Waals surface area (Å²) in [7, 11) is 3.59. The first-order valence-electron chi connectivity index (χ1n) is 5.83. The SMILES string of the molecule is COCC(O)CN(C)C(C(C)N)C(C)(C)C. The molecule has 3 atom stereocenters. The van der Waals surface area contributed by atoms with Gasteiger partial charge in [0.2, 0.25) is 0 Å². The summed E-state index contributed by atoms with van der Waals surface area (Å²) in [5, 5.41) is 9.71. The first kappa shape index (κ1) is 15.8. The molecule has 0 radical (unpaired) electrons. The lowest BCUT2D eigenvalue weighted by atomic mass is 9.82. The molecule has 0 heterocycles. The van der Waals surface area contributed by atoms with Crippen molar-refractivity contribution in [2.75, 3.05) is 27.3 Å². The molecular weight excluding hydrogens is 204 g/mol. The van der Waals surface area contributed by atoms with E-state index < -0.39 is 6.10 Å². The number of methoxy groups -OCH3 is 1. The number of hydrogen-bond acceptors (Lipinski definition) is 4. The van der Waals surface area contributed by atoms with Crippen LogP contribution in [0.3, 0.4) is 0 Å².